The molecule has 0 saturated heterocycles. The molecule has 1 aliphatic rings. The highest BCUT2D eigenvalue weighted by atomic mass is 35.5. The van der Waals surface area contributed by atoms with Crippen molar-refractivity contribution in [2.24, 2.45) is 0 Å². The Balaban J connectivity index is 1.83. The zero-order valence-electron chi connectivity index (χ0n) is 11.2. The van der Waals surface area contributed by atoms with Crippen LogP contribution in [-0.2, 0) is 17.6 Å². The lowest BCUT2D eigenvalue weighted by atomic mass is 10.1. The van der Waals surface area contributed by atoms with Crippen LogP contribution in [0.4, 0.5) is 0 Å². The summed E-state index contributed by atoms with van der Waals surface area (Å²) < 4.78 is 4.95. The first-order valence-corrected chi connectivity index (χ1v) is 7.17. The van der Waals surface area contributed by atoms with Gasteiger partial charge in [0.25, 0.3) is 5.91 Å². The molecule has 0 fully saturated rings. The van der Waals surface area contributed by atoms with Crippen molar-refractivity contribution in [2.75, 3.05) is 20.3 Å². The van der Waals surface area contributed by atoms with Crippen molar-refractivity contribution >= 4 is 17.5 Å². The van der Waals surface area contributed by atoms with Gasteiger partial charge >= 0.3 is 0 Å². The number of hydrogen-bond acceptors (Lipinski definition) is 2. The van der Waals surface area contributed by atoms with Gasteiger partial charge in [-0.1, -0.05) is 6.07 Å². The van der Waals surface area contributed by atoms with Crippen molar-refractivity contribution in [1.29, 1.82) is 0 Å². The second-order valence-corrected chi connectivity index (χ2v) is 5.55. The standard InChI is InChI=1S/C15H20ClNO2/c1-19-10-14(16)7-8-17-15(18)13-6-5-11-3-2-4-12(11)9-13/h5-6,9,14H,2-4,7-8,10H2,1H3,(H,17,18). The van der Waals surface area contributed by atoms with Gasteiger partial charge in [-0.3, -0.25) is 4.79 Å². The molecule has 0 bridgehead atoms. The molecule has 0 spiro atoms. The molecule has 0 aromatic heterocycles. The van der Waals surface area contributed by atoms with E-state index in [4.69, 9.17) is 16.3 Å². The summed E-state index contributed by atoms with van der Waals surface area (Å²) in [6.07, 6.45) is 4.15. The number of halogens is 1. The summed E-state index contributed by atoms with van der Waals surface area (Å²) in [5.41, 5.74) is 3.46. The van der Waals surface area contributed by atoms with E-state index < -0.39 is 0 Å². The van der Waals surface area contributed by atoms with Crippen LogP contribution in [-0.4, -0.2) is 31.5 Å². The first kappa shape index (κ1) is 14.4. The minimum atomic E-state index is -0.0506. The molecule has 2 rings (SSSR count). The van der Waals surface area contributed by atoms with Gasteiger partial charge in [0.15, 0.2) is 0 Å². The molecule has 1 unspecified atom stereocenters. The van der Waals surface area contributed by atoms with E-state index in [0.717, 1.165) is 18.4 Å². The molecule has 1 N–H and O–H groups in total. The van der Waals surface area contributed by atoms with Crippen molar-refractivity contribution < 1.29 is 9.53 Å². The van der Waals surface area contributed by atoms with Crippen molar-refractivity contribution in [2.45, 2.75) is 31.1 Å². The van der Waals surface area contributed by atoms with Crippen LogP contribution >= 0.6 is 11.6 Å². The Morgan fingerprint density at radius 3 is 3.00 bits per heavy atom. The van der Waals surface area contributed by atoms with Gasteiger partial charge in [-0.05, 0) is 48.9 Å². The fourth-order valence-corrected chi connectivity index (χ4v) is 2.66. The molecule has 104 valence electrons. The maximum Gasteiger partial charge on any atom is 0.251 e. The molecule has 1 aliphatic carbocycles. The minimum absolute atomic E-state index is 0.0176. The molecule has 1 aromatic carbocycles. The fraction of sp³-hybridized carbons (Fsp3) is 0.533. The van der Waals surface area contributed by atoms with Gasteiger partial charge in [-0.15, -0.1) is 11.6 Å². The van der Waals surface area contributed by atoms with Crippen molar-refractivity contribution in [3.05, 3.63) is 34.9 Å². The van der Waals surface area contributed by atoms with E-state index in [1.165, 1.54) is 17.5 Å². The number of rotatable bonds is 6. The zero-order valence-corrected chi connectivity index (χ0v) is 12.0. The van der Waals surface area contributed by atoms with E-state index in [1.807, 2.05) is 12.1 Å². The average molecular weight is 282 g/mol. The third kappa shape index (κ3) is 3.95. The molecule has 0 heterocycles. The quantitative estimate of drug-likeness (QED) is 0.814. The minimum Gasteiger partial charge on any atom is -0.383 e. The third-order valence-electron chi connectivity index (χ3n) is 3.45. The van der Waals surface area contributed by atoms with Crippen LogP contribution in [0.3, 0.4) is 0 Å². The predicted octanol–water partition coefficient (Wildman–Crippen LogP) is 2.55. The number of methoxy groups -OCH3 is 1. The number of ether oxygens (including phenoxy) is 1. The van der Waals surface area contributed by atoms with Crippen molar-refractivity contribution in [3.63, 3.8) is 0 Å². The van der Waals surface area contributed by atoms with E-state index >= 15 is 0 Å². The molecule has 1 aromatic rings. The van der Waals surface area contributed by atoms with Crippen LogP contribution < -0.4 is 5.32 Å². The molecule has 19 heavy (non-hydrogen) atoms. The largest absolute Gasteiger partial charge is 0.383 e. The number of carbonyl (C=O) groups is 1. The van der Waals surface area contributed by atoms with Crippen LogP contribution in [0.25, 0.3) is 0 Å². The Kier molecular flexibility index (Phi) is 5.23. The molecule has 0 aliphatic heterocycles. The number of amides is 1. The van der Waals surface area contributed by atoms with Crippen LogP contribution in [0, 0.1) is 0 Å². The number of benzene rings is 1. The summed E-state index contributed by atoms with van der Waals surface area (Å²) in [5.74, 6) is -0.0176. The summed E-state index contributed by atoms with van der Waals surface area (Å²) in [6.45, 7) is 1.09. The summed E-state index contributed by atoms with van der Waals surface area (Å²) in [5, 5.41) is 2.85. The van der Waals surface area contributed by atoms with Gasteiger partial charge < -0.3 is 10.1 Å². The third-order valence-corrected chi connectivity index (χ3v) is 3.80. The Morgan fingerprint density at radius 1 is 1.42 bits per heavy atom. The summed E-state index contributed by atoms with van der Waals surface area (Å²) in [6, 6.07) is 6.00. The van der Waals surface area contributed by atoms with Crippen LogP contribution in [0.5, 0.6) is 0 Å². The number of fused-ring (bicyclic) bond motifs is 1. The first-order valence-electron chi connectivity index (χ1n) is 6.73. The highest BCUT2D eigenvalue weighted by Crippen LogP contribution is 2.22. The van der Waals surface area contributed by atoms with Gasteiger partial charge in [0, 0.05) is 19.2 Å². The average Bonchev–Trinajstić information content (AvgIpc) is 2.86. The lowest BCUT2D eigenvalue weighted by molar-refractivity contribution is 0.0951. The summed E-state index contributed by atoms with van der Waals surface area (Å²) in [4.78, 5) is 12.0. The zero-order chi connectivity index (χ0) is 13.7. The molecule has 3 nitrogen and oxygen atoms in total. The van der Waals surface area contributed by atoms with E-state index in [9.17, 15) is 4.79 Å². The monoisotopic (exact) mass is 281 g/mol. The molecule has 4 heteroatoms. The number of alkyl halides is 1. The Morgan fingerprint density at radius 2 is 2.21 bits per heavy atom. The summed E-state index contributed by atoms with van der Waals surface area (Å²) in [7, 11) is 1.62. The van der Waals surface area contributed by atoms with Crippen molar-refractivity contribution in [1.82, 2.24) is 5.32 Å². The molecule has 0 saturated carbocycles. The highest BCUT2D eigenvalue weighted by molar-refractivity contribution is 6.20. The highest BCUT2D eigenvalue weighted by Gasteiger charge is 2.14. The molecule has 0 radical (unpaired) electrons. The lowest BCUT2D eigenvalue weighted by Gasteiger charge is -2.10. The molecular formula is C15H20ClNO2. The number of hydrogen-bond donors (Lipinski definition) is 1. The number of carbonyl (C=O) groups excluding carboxylic acids is 1. The van der Waals surface area contributed by atoms with Gasteiger partial charge in [0.05, 0.1) is 12.0 Å². The molecule has 1 amide bonds. The molecule has 1 atom stereocenters. The fourth-order valence-electron chi connectivity index (χ4n) is 2.42. The Bertz CT molecular complexity index is 448. The van der Waals surface area contributed by atoms with Crippen LogP contribution in [0.2, 0.25) is 0 Å². The Labute approximate surface area is 119 Å². The maximum absolute atomic E-state index is 12.0. The van der Waals surface area contributed by atoms with E-state index in [-0.39, 0.29) is 11.3 Å². The topological polar surface area (TPSA) is 38.3 Å². The van der Waals surface area contributed by atoms with Crippen molar-refractivity contribution in [3.8, 4) is 0 Å². The number of nitrogens with one attached hydrogen (secondary N) is 1. The SMILES string of the molecule is COCC(Cl)CCNC(=O)c1ccc2c(c1)CCC2. The van der Waals surface area contributed by atoms with E-state index in [1.54, 1.807) is 7.11 Å². The normalized spacial score (nSPS) is 15.1. The Hall–Kier alpha value is -1.06. The van der Waals surface area contributed by atoms with Gasteiger partial charge in [-0.25, -0.2) is 0 Å². The first-order chi connectivity index (χ1) is 9.20. The van der Waals surface area contributed by atoms with Gasteiger partial charge in [0.1, 0.15) is 0 Å². The van der Waals surface area contributed by atoms with E-state index in [0.29, 0.717) is 19.6 Å². The smallest absolute Gasteiger partial charge is 0.251 e. The van der Waals surface area contributed by atoms with Crippen LogP contribution in [0.1, 0.15) is 34.3 Å². The van der Waals surface area contributed by atoms with E-state index in [2.05, 4.69) is 11.4 Å². The molecular weight excluding hydrogens is 262 g/mol. The van der Waals surface area contributed by atoms with Gasteiger partial charge in [-0.2, -0.15) is 0 Å². The van der Waals surface area contributed by atoms with Gasteiger partial charge in [0.2, 0.25) is 0 Å². The maximum atomic E-state index is 12.0. The summed E-state index contributed by atoms with van der Waals surface area (Å²) >= 11 is 6.01. The van der Waals surface area contributed by atoms with Crippen LogP contribution in [0.15, 0.2) is 18.2 Å². The lowest BCUT2D eigenvalue weighted by Crippen LogP contribution is -2.27. The second kappa shape index (κ2) is 6.92. The number of aryl methyl sites for hydroxylation is 2. The predicted molar refractivity (Wildman–Crippen MR) is 76.9 cm³/mol. The second-order valence-electron chi connectivity index (χ2n) is 4.93.